The number of rotatable bonds is 8. The van der Waals surface area contributed by atoms with Crippen LogP contribution in [-0.4, -0.2) is 54.8 Å². The van der Waals surface area contributed by atoms with Gasteiger partial charge < -0.3 is 19.5 Å². The predicted molar refractivity (Wildman–Crippen MR) is 123 cm³/mol. The minimum absolute atomic E-state index is 0.161. The molecule has 33 heavy (non-hydrogen) atoms. The maximum absolute atomic E-state index is 12.6. The van der Waals surface area contributed by atoms with E-state index in [4.69, 9.17) is 9.47 Å². The van der Waals surface area contributed by atoms with Gasteiger partial charge in [0.1, 0.15) is 6.04 Å². The van der Waals surface area contributed by atoms with Crippen molar-refractivity contribution in [1.29, 1.82) is 0 Å². The van der Waals surface area contributed by atoms with E-state index in [0.717, 1.165) is 16.7 Å². The Bertz CT molecular complexity index is 1100. The molecule has 172 valence electrons. The number of methoxy groups -OCH3 is 2. The van der Waals surface area contributed by atoms with Crippen molar-refractivity contribution in [2.24, 2.45) is 0 Å². The third-order valence-electron chi connectivity index (χ3n) is 4.65. The lowest BCUT2D eigenvalue weighted by atomic mass is 10.1. The van der Waals surface area contributed by atoms with Gasteiger partial charge in [-0.2, -0.15) is 0 Å². The lowest BCUT2D eigenvalue weighted by molar-refractivity contribution is -0.148. The van der Waals surface area contributed by atoms with Gasteiger partial charge in [-0.25, -0.2) is 4.79 Å². The van der Waals surface area contributed by atoms with Crippen LogP contribution in [0.25, 0.3) is 6.08 Å². The summed E-state index contributed by atoms with van der Waals surface area (Å²) < 4.78 is 15.5. The summed E-state index contributed by atoms with van der Waals surface area (Å²) in [6, 6.07) is 12.8. The van der Waals surface area contributed by atoms with E-state index in [2.05, 4.69) is 10.1 Å². The molecule has 9 nitrogen and oxygen atoms in total. The molecule has 0 saturated carbocycles. The van der Waals surface area contributed by atoms with Crippen LogP contribution in [-0.2, 0) is 19.1 Å². The first-order chi connectivity index (χ1) is 15.8. The molecule has 1 fully saturated rings. The van der Waals surface area contributed by atoms with E-state index in [9.17, 15) is 19.2 Å². The van der Waals surface area contributed by atoms with Gasteiger partial charge in [-0.05, 0) is 54.6 Å². The highest BCUT2D eigenvalue weighted by Gasteiger charge is 2.41. The van der Waals surface area contributed by atoms with Crippen LogP contribution < -0.4 is 14.8 Å². The summed E-state index contributed by atoms with van der Waals surface area (Å²) in [7, 11) is 2.64. The molecule has 3 amide bonds. The first-order valence-electron chi connectivity index (χ1n) is 9.84. The van der Waals surface area contributed by atoms with Gasteiger partial charge >= 0.3 is 5.97 Å². The van der Waals surface area contributed by atoms with Crippen molar-refractivity contribution >= 4 is 46.5 Å². The van der Waals surface area contributed by atoms with Crippen molar-refractivity contribution in [3.63, 3.8) is 0 Å². The molecule has 1 aliphatic rings. The van der Waals surface area contributed by atoms with Crippen molar-refractivity contribution in [3.8, 4) is 11.5 Å². The van der Waals surface area contributed by atoms with Gasteiger partial charge in [0.2, 0.25) is 0 Å². The topological polar surface area (TPSA) is 111 Å². The minimum atomic E-state index is -1.03. The smallest absolute Gasteiger partial charge is 0.328 e. The van der Waals surface area contributed by atoms with Crippen LogP contribution in [0.2, 0.25) is 0 Å². The molecular formula is C23H22N2O7S. The lowest BCUT2D eigenvalue weighted by Crippen LogP contribution is -2.42. The second-order valence-corrected chi connectivity index (χ2v) is 7.86. The van der Waals surface area contributed by atoms with Crippen LogP contribution in [0, 0.1) is 0 Å². The molecule has 1 saturated heterocycles. The summed E-state index contributed by atoms with van der Waals surface area (Å²) >= 11 is 0.731. The van der Waals surface area contributed by atoms with Gasteiger partial charge in [-0.1, -0.05) is 24.3 Å². The number of carbonyl (C=O) groups excluding carboxylic acids is 4. The number of benzene rings is 2. The fraction of sp³-hybridized carbons (Fsp3) is 0.217. The van der Waals surface area contributed by atoms with Crippen molar-refractivity contribution in [1.82, 2.24) is 4.90 Å². The van der Waals surface area contributed by atoms with Crippen LogP contribution in [0.1, 0.15) is 12.5 Å². The predicted octanol–water partition coefficient (Wildman–Crippen LogP) is 3.31. The number of imide groups is 1. The molecule has 0 spiro atoms. The number of nitrogens with zero attached hydrogens (tertiary/aromatic N) is 1. The molecule has 1 N–H and O–H groups in total. The van der Waals surface area contributed by atoms with Gasteiger partial charge in [0.15, 0.2) is 18.1 Å². The van der Waals surface area contributed by atoms with Gasteiger partial charge in [0, 0.05) is 5.69 Å². The van der Waals surface area contributed by atoms with Crippen molar-refractivity contribution < 1.29 is 33.4 Å². The monoisotopic (exact) mass is 470 g/mol. The summed E-state index contributed by atoms with van der Waals surface area (Å²) in [5.41, 5.74) is 1.23. The largest absolute Gasteiger partial charge is 0.493 e. The third kappa shape index (κ3) is 5.72. The van der Waals surface area contributed by atoms with E-state index in [1.807, 2.05) is 18.2 Å². The van der Waals surface area contributed by atoms with Crippen molar-refractivity contribution in [2.75, 3.05) is 26.1 Å². The van der Waals surface area contributed by atoms with Gasteiger partial charge in [-0.3, -0.25) is 19.3 Å². The number of ether oxygens (including phenoxy) is 3. The highest BCUT2D eigenvalue weighted by atomic mass is 32.2. The molecule has 1 aliphatic heterocycles. The molecule has 1 heterocycles. The number of hydrogen-bond acceptors (Lipinski definition) is 8. The minimum Gasteiger partial charge on any atom is -0.493 e. The van der Waals surface area contributed by atoms with E-state index in [0.29, 0.717) is 22.7 Å². The zero-order chi connectivity index (χ0) is 24.0. The van der Waals surface area contributed by atoms with Crippen LogP contribution in [0.5, 0.6) is 11.5 Å². The number of hydrogen-bond donors (Lipinski definition) is 1. The zero-order valence-electron chi connectivity index (χ0n) is 18.2. The average molecular weight is 471 g/mol. The number of nitrogens with one attached hydrogen (secondary N) is 1. The zero-order valence-corrected chi connectivity index (χ0v) is 19.0. The fourth-order valence-electron chi connectivity index (χ4n) is 3.00. The first-order valence-corrected chi connectivity index (χ1v) is 10.7. The Labute approximate surface area is 194 Å². The first kappa shape index (κ1) is 23.9. The molecule has 1 atom stereocenters. The SMILES string of the molecule is COC(=O)[C@H](C)N1C(=O)S/C(=C/c2ccc(OCC(=O)Nc3ccccc3)c(OC)c2)C1=O. The summed E-state index contributed by atoms with van der Waals surface area (Å²) in [6.07, 6.45) is 1.52. The molecule has 0 aromatic heterocycles. The Morgan fingerprint density at radius 3 is 2.48 bits per heavy atom. The van der Waals surface area contributed by atoms with E-state index >= 15 is 0 Å². The quantitative estimate of drug-likeness (QED) is 0.462. The molecule has 2 aromatic rings. The number of amides is 3. The number of thioether (sulfide) groups is 1. The van der Waals surface area contributed by atoms with Gasteiger partial charge in [-0.15, -0.1) is 0 Å². The van der Waals surface area contributed by atoms with Gasteiger partial charge in [0.05, 0.1) is 19.1 Å². The third-order valence-corrected chi connectivity index (χ3v) is 5.54. The maximum atomic E-state index is 12.6. The van der Waals surface area contributed by atoms with Crippen LogP contribution >= 0.6 is 11.8 Å². The molecule has 10 heteroatoms. The Balaban J connectivity index is 1.70. The lowest BCUT2D eigenvalue weighted by Gasteiger charge is -2.18. The van der Waals surface area contributed by atoms with E-state index < -0.39 is 23.2 Å². The van der Waals surface area contributed by atoms with E-state index in [1.54, 1.807) is 30.3 Å². The Morgan fingerprint density at radius 1 is 1.09 bits per heavy atom. The molecular weight excluding hydrogens is 448 g/mol. The number of esters is 1. The van der Waals surface area contributed by atoms with E-state index in [1.165, 1.54) is 27.2 Å². The second kappa shape index (κ2) is 10.7. The molecule has 0 bridgehead atoms. The highest BCUT2D eigenvalue weighted by molar-refractivity contribution is 8.18. The van der Waals surface area contributed by atoms with Crippen LogP contribution in [0.4, 0.5) is 10.5 Å². The van der Waals surface area contributed by atoms with Crippen molar-refractivity contribution in [2.45, 2.75) is 13.0 Å². The standard InChI is InChI=1S/C23H22N2O7S/c1-14(22(28)31-3)25-21(27)19(33-23(25)29)12-15-9-10-17(18(11-15)30-2)32-13-20(26)24-16-7-5-4-6-8-16/h4-12,14H,13H2,1-3H3,(H,24,26)/b19-12+/t14-/m0/s1. The Kier molecular flexibility index (Phi) is 7.73. The molecule has 0 radical (unpaired) electrons. The fourth-order valence-corrected chi connectivity index (χ4v) is 3.90. The maximum Gasteiger partial charge on any atom is 0.328 e. The second-order valence-electron chi connectivity index (χ2n) is 6.86. The van der Waals surface area contributed by atoms with Crippen LogP contribution in [0.15, 0.2) is 53.4 Å². The van der Waals surface area contributed by atoms with E-state index in [-0.39, 0.29) is 17.4 Å². The summed E-state index contributed by atoms with van der Waals surface area (Å²) in [4.78, 5) is 49.7. The molecule has 0 aliphatic carbocycles. The molecule has 3 rings (SSSR count). The average Bonchev–Trinajstić information content (AvgIpc) is 3.10. The summed E-state index contributed by atoms with van der Waals surface area (Å²) in [5, 5.41) is 2.16. The van der Waals surface area contributed by atoms with Gasteiger partial charge in [0.25, 0.3) is 17.1 Å². The number of carbonyl (C=O) groups is 4. The normalized spacial score (nSPS) is 15.4. The number of para-hydroxylation sites is 1. The van der Waals surface area contributed by atoms with Crippen LogP contribution in [0.3, 0.4) is 0 Å². The Hall–Kier alpha value is -3.79. The summed E-state index contributed by atoms with van der Waals surface area (Å²) in [6.45, 7) is 1.20. The summed E-state index contributed by atoms with van der Waals surface area (Å²) in [5.74, 6) is -0.915. The Morgan fingerprint density at radius 2 is 1.82 bits per heavy atom. The molecule has 2 aromatic carbocycles. The van der Waals surface area contributed by atoms with Crippen molar-refractivity contribution in [3.05, 3.63) is 59.0 Å². The number of anilines is 1. The molecule has 0 unspecified atom stereocenters. The highest BCUT2D eigenvalue weighted by Crippen LogP contribution is 2.35.